The molecule has 1 amide bonds. The Hall–Kier alpha value is -2.23. The normalized spacial score (nSPS) is 11.7. The lowest BCUT2D eigenvalue weighted by molar-refractivity contribution is -0.0497. The van der Waals surface area contributed by atoms with Crippen molar-refractivity contribution in [2.75, 3.05) is 18.4 Å². The van der Waals surface area contributed by atoms with Gasteiger partial charge in [0, 0.05) is 24.3 Å². The summed E-state index contributed by atoms with van der Waals surface area (Å²) >= 11 is 5.85. The third kappa shape index (κ3) is 5.18. The fourth-order valence-electron chi connectivity index (χ4n) is 2.46. The van der Waals surface area contributed by atoms with Gasteiger partial charge in [-0.2, -0.15) is 13.1 Å². The summed E-state index contributed by atoms with van der Waals surface area (Å²) in [7, 11) is -3.61. The minimum Gasteiger partial charge on any atom is -0.433 e. The van der Waals surface area contributed by atoms with Crippen LogP contribution in [0.25, 0.3) is 0 Å². The van der Waals surface area contributed by atoms with Crippen LogP contribution in [-0.4, -0.2) is 38.3 Å². The Labute approximate surface area is 167 Å². The van der Waals surface area contributed by atoms with Crippen LogP contribution in [0.5, 0.6) is 5.75 Å². The van der Waals surface area contributed by atoms with Crippen LogP contribution in [0, 0.1) is 0 Å². The van der Waals surface area contributed by atoms with E-state index < -0.39 is 22.5 Å². The lowest BCUT2D eigenvalue weighted by Gasteiger charge is -2.18. The number of halogens is 3. The molecule has 152 valence electrons. The summed E-state index contributed by atoms with van der Waals surface area (Å²) in [4.78, 5) is 12.4. The van der Waals surface area contributed by atoms with E-state index in [0.29, 0.717) is 13.1 Å². The van der Waals surface area contributed by atoms with Crippen LogP contribution in [0.2, 0.25) is 5.02 Å². The van der Waals surface area contributed by atoms with E-state index in [-0.39, 0.29) is 26.9 Å². The third-order valence-electron chi connectivity index (χ3n) is 3.87. The highest BCUT2D eigenvalue weighted by molar-refractivity contribution is 7.89. The zero-order valence-corrected chi connectivity index (χ0v) is 16.7. The number of anilines is 1. The van der Waals surface area contributed by atoms with E-state index in [1.807, 2.05) is 0 Å². The van der Waals surface area contributed by atoms with Crippen molar-refractivity contribution >= 4 is 33.2 Å². The topological polar surface area (TPSA) is 75.7 Å². The van der Waals surface area contributed by atoms with Gasteiger partial charge in [0.15, 0.2) is 0 Å². The first-order chi connectivity index (χ1) is 13.2. The molecule has 2 rings (SSSR count). The van der Waals surface area contributed by atoms with E-state index in [4.69, 9.17) is 11.6 Å². The minimum absolute atomic E-state index is 0.0845. The van der Waals surface area contributed by atoms with Crippen molar-refractivity contribution in [3.05, 3.63) is 53.1 Å². The molecule has 0 radical (unpaired) electrons. The first kappa shape index (κ1) is 22.1. The summed E-state index contributed by atoms with van der Waals surface area (Å²) in [6.45, 7) is 1.15. The maximum absolute atomic E-state index is 12.5. The minimum atomic E-state index is -3.61. The first-order valence-corrected chi connectivity index (χ1v) is 10.2. The second-order valence-electron chi connectivity index (χ2n) is 5.59. The van der Waals surface area contributed by atoms with Crippen molar-refractivity contribution in [3.8, 4) is 5.75 Å². The van der Waals surface area contributed by atoms with Gasteiger partial charge in [0.2, 0.25) is 10.0 Å². The Kier molecular flexibility index (Phi) is 7.34. The number of amides is 1. The van der Waals surface area contributed by atoms with Crippen LogP contribution >= 0.6 is 11.6 Å². The number of alkyl halides is 2. The van der Waals surface area contributed by atoms with Crippen LogP contribution in [0.15, 0.2) is 47.4 Å². The van der Waals surface area contributed by atoms with Crippen molar-refractivity contribution in [1.82, 2.24) is 4.31 Å². The number of hydrogen-bond donors (Lipinski definition) is 1. The highest BCUT2D eigenvalue weighted by Crippen LogP contribution is 2.29. The average Bonchev–Trinajstić information content (AvgIpc) is 2.64. The molecule has 0 spiro atoms. The SMILES string of the molecule is CCN(CC)S(=O)(=O)c1ccc(C(=O)Nc2ccc(OC(F)F)c(Cl)c2)cc1. The molecular formula is C18H19ClF2N2O4S. The summed E-state index contributed by atoms with van der Waals surface area (Å²) < 4.78 is 55.0. The Bertz CT molecular complexity index is 933. The van der Waals surface area contributed by atoms with Crippen LogP contribution in [0.4, 0.5) is 14.5 Å². The smallest absolute Gasteiger partial charge is 0.387 e. The Morgan fingerprint density at radius 1 is 1.14 bits per heavy atom. The second-order valence-corrected chi connectivity index (χ2v) is 7.94. The zero-order chi connectivity index (χ0) is 20.9. The Balaban J connectivity index is 2.14. The van der Waals surface area contributed by atoms with Crippen molar-refractivity contribution < 1.29 is 26.7 Å². The quantitative estimate of drug-likeness (QED) is 0.677. The van der Waals surface area contributed by atoms with Gasteiger partial charge in [0.25, 0.3) is 5.91 Å². The van der Waals surface area contributed by atoms with Gasteiger partial charge in [0.1, 0.15) is 5.75 Å². The molecule has 28 heavy (non-hydrogen) atoms. The molecule has 6 nitrogen and oxygen atoms in total. The summed E-state index contributed by atoms with van der Waals surface area (Å²) in [5.74, 6) is -0.717. The van der Waals surface area contributed by atoms with Gasteiger partial charge in [0.05, 0.1) is 9.92 Å². The highest BCUT2D eigenvalue weighted by Gasteiger charge is 2.21. The van der Waals surface area contributed by atoms with Gasteiger partial charge < -0.3 is 10.1 Å². The maximum atomic E-state index is 12.5. The summed E-state index contributed by atoms with van der Waals surface area (Å²) in [5, 5.41) is 2.47. The number of carbonyl (C=O) groups excluding carboxylic acids is 1. The summed E-state index contributed by atoms with van der Waals surface area (Å²) in [6, 6.07) is 9.34. The zero-order valence-electron chi connectivity index (χ0n) is 15.2. The van der Waals surface area contributed by atoms with E-state index in [0.717, 1.165) is 0 Å². The van der Waals surface area contributed by atoms with Gasteiger partial charge >= 0.3 is 6.61 Å². The van der Waals surface area contributed by atoms with Crippen molar-refractivity contribution in [1.29, 1.82) is 0 Å². The molecule has 2 aromatic carbocycles. The van der Waals surface area contributed by atoms with E-state index in [1.165, 1.54) is 46.8 Å². The van der Waals surface area contributed by atoms with Gasteiger partial charge in [-0.15, -0.1) is 0 Å². The van der Waals surface area contributed by atoms with Gasteiger partial charge in [-0.3, -0.25) is 4.79 Å². The molecule has 0 aliphatic carbocycles. The molecule has 0 heterocycles. The average molecular weight is 433 g/mol. The highest BCUT2D eigenvalue weighted by atomic mass is 35.5. The molecule has 0 fully saturated rings. The number of hydrogen-bond acceptors (Lipinski definition) is 4. The van der Waals surface area contributed by atoms with E-state index in [1.54, 1.807) is 13.8 Å². The van der Waals surface area contributed by atoms with Gasteiger partial charge in [-0.05, 0) is 42.5 Å². The molecule has 0 unspecified atom stereocenters. The number of nitrogens with one attached hydrogen (secondary N) is 1. The predicted octanol–water partition coefficient (Wildman–Crippen LogP) is 4.22. The van der Waals surface area contributed by atoms with Gasteiger partial charge in [-0.1, -0.05) is 25.4 Å². The number of ether oxygens (including phenoxy) is 1. The van der Waals surface area contributed by atoms with E-state index >= 15 is 0 Å². The largest absolute Gasteiger partial charge is 0.433 e. The molecule has 0 saturated heterocycles. The fraction of sp³-hybridized carbons (Fsp3) is 0.278. The number of nitrogens with zero attached hydrogens (tertiary/aromatic N) is 1. The number of rotatable bonds is 8. The fourth-order valence-corrected chi connectivity index (χ4v) is 4.15. The summed E-state index contributed by atoms with van der Waals surface area (Å²) in [6.07, 6.45) is 0. The van der Waals surface area contributed by atoms with Crippen molar-refractivity contribution in [3.63, 3.8) is 0 Å². The standard InChI is InChI=1S/C18H19ClF2N2O4S/c1-3-23(4-2)28(25,26)14-8-5-12(6-9-14)17(24)22-13-7-10-16(15(19)11-13)27-18(20)21/h5-11,18H,3-4H2,1-2H3,(H,22,24). The van der Waals surface area contributed by atoms with Crippen molar-refractivity contribution in [2.45, 2.75) is 25.4 Å². The van der Waals surface area contributed by atoms with Crippen molar-refractivity contribution in [2.24, 2.45) is 0 Å². The van der Waals surface area contributed by atoms with Crippen LogP contribution in [0.1, 0.15) is 24.2 Å². The summed E-state index contributed by atoms with van der Waals surface area (Å²) in [5.41, 5.74) is 0.499. The van der Waals surface area contributed by atoms with Crippen LogP contribution < -0.4 is 10.1 Å². The lowest BCUT2D eigenvalue weighted by atomic mass is 10.2. The molecule has 0 saturated carbocycles. The molecule has 0 atom stereocenters. The molecule has 0 bridgehead atoms. The number of carbonyl (C=O) groups is 1. The first-order valence-electron chi connectivity index (χ1n) is 8.35. The molecule has 0 aliphatic heterocycles. The molecule has 10 heteroatoms. The third-order valence-corrected chi connectivity index (χ3v) is 6.22. The Morgan fingerprint density at radius 3 is 2.25 bits per heavy atom. The monoisotopic (exact) mass is 432 g/mol. The van der Waals surface area contributed by atoms with Crippen LogP contribution in [0.3, 0.4) is 0 Å². The number of sulfonamides is 1. The van der Waals surface area contributed by atoms with Crippen LogP contribution in [-0.2, 0) is 10.0 Å². The second kappa shape index (κ2) is 9.31. The molecule has 0 aromatic heterocycles. The van der Waals surface area contributed by atoms with Gasteiger partial charge in [-0.25, -0.2) is 8.42 Å². The predicted molar refractivity (Wildman–Crippen MR) is 103 cm³/mol. The molecule has 2 aromatic rings. The molecule has 0 aliphatic rings. The van der Waals surface area contributed by atoms with E-state index in [9.17, 15) is 22.0 Å². The number of benzene rings is 2. The van der Waals surface area contributed by atoms with E-state index in [2.05, 4.69) is 10.1 Å². The maximum Gasteiger partial charge on any atom is 0.387 e. The molecular weight excluding hydrogens is 414 g/mol. The lowest BCUT2D eigenvalue weighted by Crippen LogP contribution is -2.30. The Morgan fingerprint density at radius 2 is 1.75 bits per heavy atom. The molecule has 1 N–H and O–H groups in total.